The Labute approximate surface area is 120 Å². The van der Waals surface area contributed by atoms with Crippen molar-refractivity contribution in [1.82, 2.24) is 0 Å². The molecule has 5 heteroatoms. The van der Waals surface area contributed by atoms with E-state index in [0.717, 1.165) is 5.56 Å². The lowest BCUT2D eigenvalue weighted by Gasteiger charge is -2.18. The van der Waals surface area contributed by atoms with Gasteiger partial charge in [0, 0.05) is 5.56 Å². The first kappa shape index (κ1) is 15.0. The molecule has 0 aromatic heterocycles. The van der Waals surface area contributed by atoms with Crippen molar-refractivity contribution in [3.05, 3.63) is 65.2 Å². The number of alkyl halides is 2. The predicted octanol–water partition coefficient (Wildman–Crippen LogP) is 3.86. The van der Waals surface area contributed by atoms with Gasteiger partial charge in [-0.05, 0) is 19.1 Å². The van der Waals surface area contributed by atoms with E-state index in [1.165, 1.54) is 36.4 Å². The van der Waals surface area contributed by atoms with Gasteiger partial charge in [-0.1, -0.05) is 42.0 Å². The van der Waals surface area contributed by atoms with E-state index < -0.39 is 18.5 Å². The number of hydrogen-bond donors (Lipinski definition) is 1. The van der Waals surface area contributed by atoms with Gasteiger partial charge in [0.2, 0.25) is 0 Å². The van der Waals surface area contributed by atoms with Gasteiger partial charge in [0.1, 0.15) is 11.3 Å². The molecule has 0 aliphatic rings. The van der Waals surface area contributed by atoms with E-state index in [-0.39, 0.29) is 16.9 Å². The van der Waals surface area contributed by atoms with Gasteiger partial charge in [0.15, 0.2) is 6.61 Å². The number of hydrogen-bond acceptors (Lipinski definition) is 2. The van der Waals surface area contributed by atoms with Crippen molar-refractivity contribution in [2.24, 2.45) is 0 Å². The van der Waals surface area contributed by atoms with Crippen LogP contribution in [0.3, 0.4) is 0 Å². The lowest BCUT2D eigenvalue weighted by Crippen LogP contribution is -2.23. The second-order valence-corrected chi connectivity index (χ2v) is 4.66. The van der Waals surface area contributed by atoms with Crippen molar-refractivity contribution in [3.8, 4) is 5.75 Å². The highest BCUT2D eigenvalue weighted by atomic mass is 19.3. The number of ether oxygens (including phenoxy) is 1. The summed E-state index contributed by atoms with van der Waals surface area (Å²) in [4.78, 5) is 11.1. The van der Waals surface area contributed by atoms with E-state index >= 15 is 0 Å². The van der Waals surface area contributed by atoms with E-state index in [1.54, 1.807) is 19.1 Å². The van der Waals surface area contributed by atoms with Crippen molar-refractivity contribution in [2.75, 3.05) is 6.61 Å². The zero-order valence-corrected chi connectivity index (χ0v) is 11.3. The molecule has 0 saturated carbocycles. The number of aryl methyl sites for hydroxylation is 1. The van der Waals surface area contributed by atoms with Crippen LogP contribution in [0.5, 0.6) is 5.75 Å². The molecule has 110 valence electrons. The number of carboxylic acid groups (broad SMARTS) is 1. The number of carbonyl (C=O) groups is 1. The second-order valence-electron chi connectivity index (χ2n) is 4.66. The van der Waals surface area contributed by atoms with Gasteiger partial charge in [0.25, 0.3) is 0 Å². The minimum absolute atomic E-state index is 0.0660. The van der Waals surface area contributed by atoms with Gasteiger partial charge in [-0.15, -0.1) is 0 Å². The Hall–Kier alpha value is -2.43. The molecule has 0 radical (unpaired) electrons. The molecular formula is C16H14F2O3. The summed E-state index contributed by atoms with van der Waals surface area (Å²) in [5.41, 5.74) is 0.419. The molecule has 1 N–H and O–H groups in total. The van der Waals surface area contributed by atoms with E-state index in [2.05, 4.69) is 0 Å². The third-order valence-electron chi connectivity index (χ3n) is 2.97. The largest absolute Gasteiger partial charge is 0.486 e. The van der Waals surface area contributed by atoms with Crippen LogP contribution in [0.15, 0.2) is 48.5 Å². The molecule has 0 aliphatic carbocycles. The summed E-state index contributed by atoms with van der Waals surface area (Å²) in [5, 5.41) is 9.07. The molecule has 0 saturated heterocycles. The Morgan fingerprint density at radius 1 is 1.19 bits per heavy atom. The summed E-state index contributed by atoms with van der Waals surface area (Å²) in [6.07, 6.45) is 0. The molecule has 2 aromatic rings. The molecule has 0 unspecified atom stereocenters. The van der Waals surface area contributed by atoms with Gasteiger partial charge in [-0.25, -0.2) is 4.79 Å². The molecular weight excluding hydrogens is 278 g/mol. The van der Waals surface area contributed by atoms with Gasteiger partial charge in [-0.3, -0.25) is 0 Å². The van der Waals surface area contributed by atoms with Crippen LogP contribution in [0, 0.1) is 6.92 Å². The molecule has 0 aliphatic heterocycles. The van der Waals surface area contributed by atoms with Crippen molar-refractivity contribution in [3.63, 3.8) is 0 Å². The van der Waals surface area contributed by atoms with E-state index in [4.69, 9.17) is 9.84 Å². The molecule has 2 aromatic carbocycles. The molecule has 0 atom stereocenters. The van der Waals surface area contributed by atoms with Crippen molar-refractivity contribution >= 4 is 5.97 Å². The van der Waals surface area contributed by atoms with E-state index in [0.29, 0.717) is 0 Å². The molecule has 0 amide bonds. The lowest BCUT2D eigenvalue weighted by atomic mass is 10.1. The third-order valence-corrected chi connectivity index (χ3v) is 2.97. The number of carboxylic acids is 1. The molecule has 3 nitrogen and oxygen atoms in total. The van der Waals surface area contributed by atoms with Crippen molar-refractivity contribution < 1.29 is 23.4 Å². The topological polar surface area (TPSA) is 46.5 Å². The molecule has 0 bridgehead atoms. The average molecular weight is 292 g/mol. The van der Waals surface area contributed by atoms with Crippen LogP contribution < -0.4 is 4.74 Å². The molecule has 2 rings (SSSR count). The zero-order chi connectivity index (χ0) is 15.5. The maximum Gasteiger partial charge on any atom is 0.339 e. The van der Waals surface area contributed by atoms with E-state index in [9.17, 15) is 13.6 Å². The summed E-state index contributed by atoms with van der Waals surface area (Å²) in [6.45, 7) is 0.801. The zero-order valence-electron chi connectivity index (χ0n) is 11.3. The molecule has 0 spiro atoms. The molecule has 21 heavy (non-hydrogen) atoms. The fraction of sp³-hybridized carbons (Fsp3) is 0.188. The maximum absolute atomic E-state index is 14.0. The summed E-state index contributed by atoms with van der Waals surface area (Å²) in [5.74, 6) is -4.47. The summed E-state index contributed by atoms with van der Waals surface area (Å²) in [7, 11) is 0. The number of halogens is 2. The summed E-state index contributed by atoms with van der Waals surface area (Å²) >= 11 is 0. The first-order valence-corrected chi connectivity index (χ1v) is 6.30. The van der Waals surface area contributed by atoms with Crippen molar-refractivity contribution in [1.29, 1.82) is 0 Å². The summed E-state index contributed by atoms with van der Waals surface area (Å²) < 4.78 is 33.0. The fourth-order valence-electron chi connectivity index (χ4n) is 1.87. The van der Waals surface area contributed by atoms with Gasteiger partial charge >= 0.3 is 11.9 Å². The fourth-order valence-corrected chi connectivity index (χ4v) is 1.87. The molecule has 0 fully saturated rings. The van der Waals surface area contributed by atoms with Gasteiger partial charge in [0.05, 0.1) is 0 Å². The SMILES string of the molecule is Cc1ccc(OCC(F)(F)c2ccccc2)c(C(=O)O)c1. The van der Waals surface area contributed by atoms with Crippen LogP contribution in [0.1, 0.15) is 21.5 Å². The normalized spacial score (nSPS) is 11.2. The van der Waals surface area contributed by atoms with Crippen molar-refractivity contribution in [2.45, 2.75) is 12.8 Å². The van der Waals surface area contributed by atoms with Crippen LogP contribution in [0.2, 0.25) is 0 Å². The lowest BCUT2D eigenvalue weighted by molar-refractivity contribution is -0.0469. The Kier molecular flexibility index (Phi) is 4.21. The summed E-state index contributed by atoms with van der Waals surface area (Å²) in [6, 6.07) is 11.7. The standard InChI is InChI=1S/C16H14F2O3/c1-11-7-8-14(13(9-11)15(19)20)21-10-16(17,18)12-5-3-2-4-6-12/h2-9H,10H2,1H3,(H,19,20). The highest BCUT2D eigenvalue weighted by Gasteiger charge is 2.32. The Morgan fingerprint density at radius 2 is 1.86 bits per heavy atom. The van der Waals surface area contributed by atoms with Gasteiger partial charge in [-0.2, -0.15) is 8.78 Å². The quantitative estimate of drug-likeness (QED) is 0.910. The number of aromatic carboxylic acids is 1. The predicted molar refractivity (Wildman–Crippen MR) is 74.0 cm³/mol. The number of benzene rings is 2. The Morgan fingerprint density at radius 3 is 2.48 bits per heavy atom. The Balaban J connectivity index is 2.18. The smallest absolute Gasteiger partial charge is 0.339 e. The maximum atomic E-state index is 14.0. The molecule has 0 heterocycles. The Bertz CT molecular complexity index is 639. The minimum atomic E-state index is -3.19. The number of rotatable bonds is 5. The van der Waals surface area contributed by atoms with Crippen LogP contribution in [0.4, 0.5) is 8.78 Å². The van der Waals surface area contributed by atoms with Crippen LogP contribution in [0.25, 0.3) is 0 Å². The van der Waals surface area contributed by atoms with Crippen LogP contribution >= 0.6 is 0 Å². The minimum Gasteiger partial charge on any atom is -0.486 e. The monoisotopic (exact) mass is 292 g/mol. The van der Waals surface area contributed by atoms with Gasteiger partial charge < -0.3 is 9.84 Å². The first-order valence-electron chi connectivity index (χ1n) is 6.30. The van der Waals surface area contributed by atoms with E-state index in [1.807, 2.05) is 0 Å². The highest BCUT2D eigenvalue weighted by Crippen LogP contribution is 2.30. The van der Waals surface area contributed by atoms with Crippen LogP contribution in [-0.2, 0) is 5.92 Å². The second kappa shape index (κ2) is 5.91. The first-order chi connectivity index (χ1) is 9.90. The van der Waals surface area contributed by atoms with Crippen LogP contribution in [-0.4, -0.2) is 17.7 Å². The third kappa shape index (κ3) is 3.56. The highest BCUT2D eigenvalue weighted by molar-refractivity contribution is 5.91. The average Bonchev–Trinajstić information content (AvgIpc) is 2.47.